The van der Waals surface area contributed by atoms with E-state index in [1.54, 1.807) is 0 Å². The molecule has 1 N–H and O–H groups in total. The van der Waals surface area contributed by atoms with Crippen molar-refractivity contribution < 1.29 is 31.2 Å². The summed E-state index contributed by atoms with van der Waals surface area (Å²) in [6.45, 7) is 0.0180. The van der Waals surface area contributed by atoms with Gasteiger partial charge < -0.3 is 10.2 Å². The van der Waals surface area contributed by atoms with Crippen LogP contribution in [-0.4, -0.2) is 62.2 Å². The Morgan fingerprint density at radius 3 is 2.30 bits per heavy atom. The highest BCUT2D eigenvalue weighted by Crippen LogP contribution is 2.31. The van der Waals surface area contributed by atoms with Crippen molar-refractivity contribution >= 4 is 21.8 Å². The minimum Gasteiger partial charge on any atom is -0.347 e. The first-order valence-corrected chi connectivity index (χ1v) is 11.3. The summed E-state index contributed by atoms with van der Waals surface area (Å²) in [6.07, 6.45) is -0.972. The Kier molecular flexibility index (Phi) is 6.71. The van der Waals surface area contributed by atoms with Gasteiger partial charge in [-0.15, -0.1) is 0 Å². The van der Waals surface area contributed by atoms with Gasteiger partial charge in [0, 0.05) is 32.1 Å². The van der Waals surface area contributed by atoms with E-state index in [9.17, 15) is 31.2 Å². The molecule has 2 fully saturated rings. The van der Waals surface area contributed by atoms with Crippen LogP contribution in [0.15, 0.2) is 29.2 Å². The van der Waals surface area contributed by atoms with Gasteiger partial charge in [-0.05, 0) is 31.0 Å². The molecule has 1 heterocycles. The first-order valence-electron chi connectivity index (χ1n) is 9.82. The second-order valence-electron chi connectivity index (χ2n) is 7.51. The topological polar surface area (TPSA) is 86.8 Å². The lowest BCUT2D eigenvalue weighted by Crippen LogP contribution is -2.52. The monoisotopic (exact) mass is 447 g/mol. The number of benzene rings is 1. The number of hydrogen-bond acceptors (Lipinski definition) is 4. The molecular formula is C19H24F3N3O4S. The van der Waals surface area contributed by atoms with Gasteiger partial charge in [-0.3, -0.25) is 9.59 Å². The lowest BCUT2D eigenvalue weighted by atomic mass is 10.1. The number of carbonyl (C=O) groups excluding carboxylic acids is 2. The minimum atomic E-state index is -4.64. The molecule has 1 aliphatic heterocycles. The van der Waals surface area contributed by atoms with Crippen molar-refractivity contribution in [1.82, 2.24) is 14.5 Å². The van der Waals surface area contributed by atoms with E-state index in [0.717, 1.165) is 48.2 Å². The maximum Gasteiger partial charge on any atom is 0.416 e. The van der Waals surface area contributed by atoms with Crippen LogP contribution in [0.5, 0.6) is 0 Å². The van der Waals surface area contributed by atoms with E-state index < -0.39 is 26.7 Å². The smallest absolute Gasteiger partial charge is 0.347 e. The molecule has 7 nitrogen and oxygen atoms in total. The van der Waals surface area contributed by atoms with E-state index in [2.05, 4.69) is 5.32 Å². The van der Waals surface area contributed by atoms with Crippen molar-refractivity contribution in [3.8, 4) is 0 Å². The fourth-order valence-electron chi connectivity index (χ4n) is 3.77. The molecule has 166 valence electrons. The van der Waals surface area contributed by atoms with Crippen molar-refractivity contribution in [1.29, 1.82) is 0 Å². The Morgan fingerprint density at radius 2 is 1.70 bits per heavy atom. The number of hydrogen-bond donors (Lipinski definition) is 1. The second kappa shape index (κ2) is 8.93. The highest BCUT2D eigenvalue weighted by atomic mass is 32.2. The Labute approximate surface area is 173 Å². The molecule has 0 aromatic heterocycles. The van der Waals surface area contributed by atoms with Crippen LogP contribution in [0, 0.1) is 5.92 Å². The van der Waals surface area contributed by atoms with Gasteiger partial charge >= 0.3 is 6.18 Å². The van der Waals surface area contributed by atoms with Crippen molar-refractivity contribution in [3.05, 3.63) is 29.8 Å². The molecule has 0 spiro atoms. The van der Waals surface area contributed by atoms with E-state index >= 15 is 0 Å². The Balaban J connectivity index is 1.55. The van der Waals surface area contributed by atoms with E-state index in [4.69, 9.17) is 0 Å². The van der Waals surface area contributed by atoms with Gasteiger partial charge in [0.1, 0.15) is 0 Å². The predicted octanol–water partition coefficient (Wildman–Crippen LogP) is 1.84. The van der Waals surface area contributed by atoms with Crippen molar-refractivity contribution in [3.63, 3.8) is 0 Å². The van der Waals surface area contributed by atoms with Gasteiger partial charge in [0.15, 0.2) is 0 Å². The number of sulfonamides is 1. The highest BCUT2D eigenvalue weighted by molar-refractivity contribution is 7.89. The maximum absolute atomic E-state index is 12.9. The van der Waals surface area contributed by atoms with Gasteiger partial charge in [-0.25, -0.2) is 8.42 Å². The van der Waals surface area contributed by atoms with E-state index in [-0.39, 0.29) is 50.5 Å². The number of nitrogens with zero attached hydrogens (tertiary/aromatic N) is 2. The average Bonchev–Trinajstić information content (AvgIpc) is 3.26. The van der Waals surface area contributed by atoms with Crippen LogP contribution in [0.25, 0.3) is 0 Å². The summed E-state index contributed by atoms with van der Waals surface area (Å²) in [5, 5.41) is 2.64. The van der Waals surface area contributed by atoms with Crippen molar-refractivity contribution in [2.24, 2.45) is 5.92 Å². The van der Waals surface area contributed by atoms with Gasteiger partial charge in [0.25, 0.3) is 0 Å². The van der Waals surface area contributed by atoms with Gasteiger partial charge in [0.05, 0.1) is 17.0 Å². The Hall–Kier alpha value is -2.14. The van der Waals surface area contributed by atoms with E-state index in [1.807, 2.05) is 0 Å². The lowest BCUT2D eigenvalue weighted by Gasteiger charge is -2.34. The van der Waals surface area contributed by atoms with Crippen molar-refractivity contribution in [2.75, 3.05) is 32.7 Å². The Morgan fingerprint density at radius 1 is 1.07 bits per heavy atom. The molecule has 0 bridgehead atoms. The molecule has 1 saturated carbocycles. The third-order valence-corrected chi connectivity index (χ3v) is 7.42. The summed E-state index contributed by atoms with van der Waals surface area (Å²) in [5.74, 6) is -0.490. The highest BCUT2D eigenvalue weighted by Gasteiger charge is 2.34. The van der Waals surface area contributed by atoms with Crippen molar-refractivity contribution in [2.45, 2.75) is 36.8 Å². The number of rotatable bonds is 5. The quantitative estimate of drug-likeness (QED) is 0.747. The number of alkyl halides is 3. The third kappa shape index (κ3) is 5.12. The predicted molar refractivity (Wildman–Crippen MR) is 102 cm³/mol. The molecule has 2 aliphatic rings. The number of amides is 2. The number of carbonyl (C=O) groups is 2. The summed E-state index contributed by atoms with van der Waals surface area (Å²) in [4.78, 5) is 25.4. The van der Waals surface area contributed by atoms with E-state index in [0.29, 0.717) is 6.07 Å². The second-order valence-corrected chi connectivity index (χ2v) is 9.45. The molecule has 11 heteroatoms. The summed E-state index contributed by atoms with van der Waals surface area (Å²) < 4.78 is 65.1. The lowest BCUT2D eigenvalue weighted by molar-refractivity contribution is -0.137. The summed E-state index contributed by atoms with van der Waals surface area (Å²) in [7, 11) is -4.11. The SMILES string of the molecule is O=C(NCC(=O)N1CCN(S(=O)(=O)c2cccc(C(F)(F)F)c2)CC1)C1CCCC1. The van der Waals surface area contributed by atoms with Crippen LogP contribution in [0.4, 0.5) is 13.2 Å². The van der Waals surface area contributed by atoms with Crippen LogP contribution in [-0.2, 0) is 25.8 Å². The first-order chi connectivity index (χ1) is 14.1. The zero-order valence-corrected chi connectivity index (χ0v) is 17.1. The molecule has 30 heavy (non-hydrogen) atoms. The normalized spacial score (nSPS) is 19.1. The standard InChI is InChI=1S/C19H24F3N3O4S/c20-19(21,22)15-6-3-7-16(12-15)30(28,29)25-10-8-24(9-11-25)17(26)13-23-18(27)14-4-1-2-5-14/h3,6-7,12,14H,1-2,4-5,8-11,13H2,(H,23,27). The average molecular weight is 447 g/mol. The van der Waals surface area contributed by atoms with Gasteiger partial charge in [-0.1, -0.05) is 18.9 Å². The molecule has 2 amide bonds. The molecule has 0 unspecified atom stereocenters. The van der Waals surface area contributed by atoms with Crippen LogP contribution < -0.4 is 5.32 Å². The fourth-order valence-corrected chi connectivity index (χ4v) is 5.24. The first kappa shape index (κ1) is 22.5. The molecule has 1 saturated heterocycles. The van der Waals surface area contributed by atoms with Crippen LogP contribution in [0.2, 0.25) is 0 Å². The van der Waals surface area contributed by atoms with E-state index in [1.165, 1.54) is 4.90 Å². The summed E-state index contributed by atoms with van der Waals surface area (Å²) >= 11 is 0. The molecule has 1 aliphatic carbocycles. The maximum atomic E-state index is 12.9. The van der Waals surface area contributed by atoms with Gasteiger partial charge in [-0.2, -0.15) is 17.5 Å². The molecule has 1 aromatic rings. The van der Waals surface area contributed by atoms with Crippen LogP contribution in [0.3, 0.4) is 0 Å². The molecule has 0 radical (unpaired) electrons. The molecule has 0 atom stereocenters. The number of halogens is 3. The molecular weight excluding hydrogens is 423 g/mol. The molecule has 1 aromatic carbocycles. The zero-order valence-electron chi connectivity index (χ0n) is 16.3. The fraction of sp³-hybridized carbons (Fsp3) is 0.579. The van der Waals surface area contributed by atoms with Gasteiger partial charge in [0.2, 0.25) is 21.8 Å². The third-order valence-electron chi connectivity index (χ3n) is 5.53. The number of nitrogens with one attached hydrogen (secondary N) is 1. The molecule has 3 rings (SSSR count). The Bertz CT molecular complexity index is 891. The zero-order chi connectivity index (χ0) is 21.9. The summed E-state index contributed by atoms with van der Waals surface area (Å²) in [5.41, 5.74) is -1.03. The number of piperazine rings is 1. The van der Waals surface area contributed by atoms with Crippen LogP contribution >= 0.6 is 0 Å². The summed E-state index contributed by atoms with van der Waals surface area (Å²) in [6, 6.07) is 3.62. The van der Waals surface area contributed by atoms with Crippen LogP contribution in [0.1, 0.15) is 31.2 Å². The largest absolute Gasteiger partial charge is 0.416 e. The minimum absolute atomic E-state index is 0.0269.